The van der Waals surface area contributed by atoms with Crippen LogP contribution in [0.15, 0.2) is 24.3 Å². The summed E-state index contributed by atoms with van der Waals surface area (Å²) in [4.78, 5) is 10.1. The number of hydrogen-bond donors (Lipinski definition) is 0. The monoisotopic (exact) mass is 737 g/mol. The fourth-order valence-corrected chi connectivity index (χ4v) is 8.77. The van der Waals surface area contributed by atoms with Crippen molar-refractivity contribution in [1.82, 2.24) is 0 Å². The van der Waals surface area contributed by atoms with Crippen LogP contribution in [0.25, 0.3) is 0 Å². The average molecular weight is 737 g/mol. The Labute approximate surface area is 263 Å². The van der Waals surface area contributed by atoms with Gasteiger partial charge in [-0.05, 0) is 12.1 Å². The molecule has 0 radical (unpaired) electrons. The Morgan fingerprint density at radius 3 is 1.12 bits per heavy atom. The molecular formula is C28H12F15N2O3Si+. The summed E-state index contributed by atoms with van der Waals surface area (Å²) < 4.78 is 228. The molecule has 0 heterocycles. The van der Waals surface area contributed by atoms with E-state index in [1.807, 2.05) is 0 Å². The van der Waals surface area contributed by atoms with Crippen LogP contribution in [-0.2, 0) is 4.43 Å². The van der Waals surface area contributed by atoms with Crippen LogP contribution in [0.5, 0.6) is 0 Å². The number of nitro groups is 1. The first-order valence-corrected chi connectivity index (χ1v) is 14.7. The van der Waals surface area contributed by atoms with Crippen LogP contribution < -0.4 is 15.6 Å². The molecule has 0 unspecified atom stereocenters. The average Bonchev–Trinajstić information content (AvgIpc) is 3.06. The third-order valence-corrected chi connectivity index (χ3v) is 11.0. The van der Waals surface area contributed by atoms with E-state index in [-0.39, 0.29) is 11.3 Å². The van der Waals surface area contributed by atoms with Gasteiger partial charge in [-0.15, -0.1) is 0 Å². The Morgan fingerprint density at radius 2 is 0.837 bits per heavy atom. The molecule has 4 rings (SSSR count). The molecule has 0 amide bonds. The van der Waals surface area contributed by atoms with Crippen LogP contribution in [-0.4, -0.2) is 44.2 Å². The topological polar surface area (TPSA) is 55.4 Å². The molecule has 4 aromatic rings. The Kier molecular flexibility index (Phi) is 10.2. The highest BCUT2D eigenvalue weighted by Crippen LogP contribution is 2.28. The number of halogens is 15. The zero-order valence-electron chi connectivity index (χ0n) is 23.6. The molecule has 0 fully saturated rings. The second-order valence-electron chi connectivity index (χ2n) is 9.82. The van der Waals surface area contributed by atoms with Crippen LogP contribution >= 0.6 is 0 Å². The van der Waals surface area contributed by atoms with Gasteiger partial charge >= 0.3 is 8.32 Å². The lowest BCUT2D eigenvalue weighted by Crippen LogP contribution is -2.75. The van der Waals surface area contributed by atoms with Crippen molar-refractivity contribution >= 4 is 35.8 Å². The maximum atomic E-state index is 15.5. The van der Waals surface area contributed by atoms with Crippen molar-refractivity contribution in [1.29, 1.82) is 0 Å². The van der Waals surface area contributed by atoms with E-state index >= 15 is 26.3 Å². The van der Waals surface area contributed by atoms with Crippen molar-refractivity contribution in [3.8, 4) is 0 Å². The lowest BCUT2D eigenvalue weighted by atomic mass is 10.2. The summed E-state index contributed by atoms with van der Waals surface area (Å²) in [5.74, 6) is -46.8. The van der Waals surface area contributed by atoms with Gasteiger partial charge in [-0.25, -0.2) is 70.4 Å². The Bertz CT molecular complexity index is 1800. The van der Waals surface area contributed by atoms with Gasteiger partial charge in [0.1, 0.15) is 7.05 Å². The molecular weight excluding hydrogens is 725 g/mol. The van der Waals surface area contributed by atoms with E-state index in [9.17, 15) is 49.6 Å². The molecule has 4 aromatic carbocycles. The Morgan fingerprint density at radius 1 is 0.551 bits per heavy atom. The zero-order valence-corrected chi connectivity index (χ0v) is 24.6. The van der Waals surface area contributed by atoms with Crippen LogP contribution in [0.2, 0.25) is 0 Å². The number of nitrogens with zero attached hydrogens (tertiary/aromatic N) is 2. The van der Waals surface area contributed by atoms with Crippen molar-refractivity contribution in [2.45, 2.75) is 0 Å². The number of likely N-dealkylation sites (N-methyl/N-ethyl adjacent to an activating group) is 1. The Hall–Kier alpha value is -4.92. The van der Waals surface area contributed by atoms with Crippen LogP contribution in [0.4, 0.5) is 71.5 Å². The number of non-ortho nitro benzene ring substituents is 1. The van der Waals surface area contributed by atoms with Gasteiger partial charge < -0.3 is 4.43 Å². The smallest absolute Gasteiger partial charge is 0.306 e. The van der Waals surface area contributed by atoms with Gasteiger partial charge in [-0.2, -0.15) is 0 Å². The largest absolute Gasteiger partial charge is 0.397 e. The number of nitro benzene ring substituents is 1. The summed E-state index contributed by atoms with van der Waals surface area (Å²) in [6.45, 7) is -2.35. The van der Waals surface area contributed by atoms with Gasteiger partial charge in [-0.3, -0.25) is 10.1 Å². The van der Waals surface area contributed by atoms with Gasteiger partial charge in [0.25, 0.3) is 5.69 Å². The summed E-state index contributed by atoms with van der Waals surface area (Å²) in [5.41, 5.74) is -0.247. The fraction of sp³-hybridized carbons (Fsp3) is 0.107. The van der Waals surface area contributed by atoms with E-state index in [1.54, 1.807) is 0 Å². The van der Waals surface area contributed by atoms with Crippen molar-refractivity contribution in [2.24, 2.45) is 0 Å². The third kappa shape index (κ3) is 6.00. The molecule has 21 heteroatoms. The molecule has 260 valence electrons. The highest BCUT2D eigenvalue weighted by Gasteiger charge is 2.58. The predicted octanol–water partition coefficient (Wildman–Crippen LogP) is 5.43. The van der Waals surface area contributed by atoms with Gasteiger partial charge in [0.05, 0.1) is 27.1 Å². The minimum atomic E-state index is -7.43. The summed E-state index contributed by atoms with van der Waals surface area (Å²) >= 11 is 0. The first-order chi connectivity index (χ1) is 22.8. The van der Waals surface area contributed by atoms with Crippen molar-refractivity contribution in [3.63, 3.8) is 0 Å². The third-order valence-electron chi connectivity index (χ3n) is 6.92. The minimum Gasteiger partial charge on any atom is -0.397 e. The maximum absolute atomic E-state index is 15.5. The standard InChI is InChI=1S/C28H12F15N2O3Si/c1-44(8-9-2-4-10(5-3-9)45(46)47)6-7-48-49(26-20(38)14(32)11(29)15(33)21(26)39,27-22(40)16(34)12(30)17(35)23(27)41)28-24(42)18(36)13(31)19(37)25(28)43/h2-5,8H,6-7H2,1H3/q+1. The molecule has 0 aliphatic heterocycles. The van der Waals surface area contributed by atoms with Gasteiger partial charge in [0.15, 0.2) is 82.6 Å². The number of rotatable bonds is 9. The first kappa shape index (κ1) is 36.9. The van der Waals surface area contributed by atoms with Crippen molar-refractivity contribution < 1.29 is 79.8 Å². The summed E-state index contributed by atoms with van der Waals surface area (Å²) in [6.07, 6.45) is 1.09. The fourth-order valence-electron chi connectivity index (χ4n) is 4.68. The molecule has 0 bridgehead atoms. The molecule has 0 aromatic heterocycles. The molecule has 0 spiro atoms. The lowest BCUT2D eigenvalue weighted by Gasteiger charge is -2.34. The molecule has 0 N–H and O–H groups in total. The van der Waals surface area contributed by atoms with Gasteiger partial charge in [0.2, 0.25) is 17.5 Å². The van der Waals surface area contributed by atoms with Crippen LogP contribution in [0.1, 0.15) is 5.56 Å². The van der Waals surface area contributed by atoms with E-state index in [0.717, 1.165) is 42.1 Å². The second kappa shape index (κ2) is 13.5. The lowest BCUT2D eigenvalue weighted by molar-refractivity contribution is -0.493. The van der Waals surface area contributed by atoms with E-state index in [0.29, 0.717) is 0 Å². The van der Waals surface area contributed by atoms with Crippen LogP contribution in [0, 0.1) is 97.4 Å². The number of benzene rings is 4. The molecule has 5 nitrogen and oxygen atoms in total. The molecule has 0 atom stereocenters. The minimum absolute atomic E-state index is 0.135. The summed E-state index contributed by atoms with van der Waals surface area (Å²) in [7, 11) is -6.33. The van der Waals surface area contributed by atoms with Gasteiger partial charge in [0, 0.05) is 17.7 Å². The maximum Gasteiger partial charge on any atom is 0.306 e. The van der Waals surface area contributed by atoms with E-state index in [4.69, 9.17) is 4.43 Å². The molecule has 0 aliphatic rings. The van der Waals surface area contributed by atoms with E-state index in [2.05, 4.69) is 0 Å². The zero-order chi connectivity index (χ0) is 36.9. The normalized spacial score (nSPS) is 12.2. The van der Waals surface area contributed by atoms with Gasteiger partial charge in [-0.1, -0.05) is 0 Å². The molecule has 0 saturated carbocycles. The van der Waals surface area contributed by atoms with Crippen LogP contribution in [0.3, 0.4) is 0 Å². The predicted molar refractivity (Wildman–Crippen MR) is 139 cm³/mol. The Balaban J connectivity index is 2.15. The van der Waals surface area contributed by atoms with E-state index in [1.165, 1.54) is 0 Å². The molecule has 49 heavy (non-hydrogen) atoms. The van der Waals surface area contributed by atoms with Crippen molar-refractivity contribution in [2.75, 3.05) is 20.2 Å². The molecule has 0 aliphatic carbocycles. The van der Waals surface area contributed by atoms with E-state index < -0.39 is 129 Å². The summed E-state index contributed by atoms with van der Waals surface area (Å²) in [6, 6.07) is 4.30. The number of hydrogen-bond acceptors (Lipinski definition) is 3. The quantitative estimate of drug-likeness (QED) is 0.0266. The summed E-state index contributed by atoms with van der Waals surface area (Å²) in [5, 5.41) is 2.43. The van der Waals surface area contributed by atoms with Crippen molar-refractivity contribution in [3.05, 3.63) is 127 Å². The highest BCUT2D eigenvalue weighted by molar-refractivity contribution is 7.07. The first-order valence-electron chi connectivity index (χ1n) is 12.8. The highest BCUT2D eigenvalue weighted by atomic mass is 28.4. The SMILES string of the molecule is C[N+](=Cc1ccc([N+](=O)[O-])cc1)CCO[Si](c1c(F)c(F)c(F)c(F)c1F)(c1c(F)c(F)c(F)c(F)c1F)c1c(F)c(F)c(F)c(F)c1F. The second-order valence-corrected chi connectivity index (χ2v) is 13.0. The molecule has 0 saturated heterocycles.